The number of aliphatic hydroxyl groups is 1. The first-order valence-electron chi connectivity index (χ1n) is 7.53. The van der Waals surface area contributed by atoms with Gasteiger partial charge in [-0.25, -0.2) is 0 Å². The van der Waals surface area contributed by atoms with Crippen LogP contribution in [0, 0.1) is 0 Å². The fourth-order valence-electron chi connectivity index (χ4n) is 2.66. The van der Waals surface area contributed by atoms with Crippen molar-refractivity contribution in [1.29, 1.82) is 0 Å². The summed E-state index contributed by atoms with van der Waals surface area (Å²) in [5.41, 5.74) is 4.67. The van der Waals surface area contributed by atoms with Gasteiger partial charge in [-0.3, -0.25) is 0 Å². The lowest BCUT2D eigenvalue weighted by Gasteiger charge is -2.14. The molecule has 1 heteroatoms. The lowest BCUT2D eigenvalue weighted by atomic mass is 9.95. The zero-order valence-corrected chi connectivity index (χ0v) is 12.2. The van der Waals surface area contributed by atoms with Crippen LogP contribution in [0.1, 0.15) is 66.9 Å². The second-order valence-electron chi connectivity index (χ2n) is 6.17. The highest BCUT2D eigenvalue weighted by molar-refractivity contribution is 5.36. The molecule has 0 aliphatic heterocycles. The molecular weight excluding hydrogens is 244 g/mol. The topological polar surface area (TPSA) is 20.2 Å². The summed E-state index contributed by atoms with van der Waals surface area (Å²) in [7, 11) is 0. The fourth-order valence-corrected chi connectivity index (χ4v) is 2.66. The molecule has 0 aromatic heterocycles. The van der Waals surface area contributed by atoms with Crippen molar-refractivity contribution in [1.82, 2.24) is 0 Å². The fraction of sp³-hybridized carbons (Fsp3) is 0.368. The van der Waals surface area contributed by atoms with E-state index in [9.17, 15) is 5.11 Å². The Morgan fingerprint density at radius 2 is 1.55 bits per heavy atom. The largest absolute Gasteiger partial charge is 0.384 e. The third-order valence-electron chi connectivity index (χ3n) is 4.19. The van der Waals surface area contributed by atoms with Crippen LogP contribution in [0.2, 0.25) is 0 Å². The van der Waals surface area contributed by atoms with E-state index in [4.69, 9.17) is 0 Å². The van der Waals surface area contributed by atoms with Crippen molar-refractivity contribution in [3.63, 3.8) is 0 Å². The zero-order chi connectivity index (χ0) is 14.1. The van der Waals surface area contributed by atoms with Gasteiger partial charge in [0.15, 0.2) is 0 Å². The predicted molar refractivity (Wildman–Crippen MR) is 83.0 cm³/mol. The van der Waals surface area contributed by atoms with E-state index in [1.807, 2.05) is 18.2 Å². The lowest BCUT2D eigenvalue weighted by Crippen LogP contribution is -2.00. The minimum absolute atomic E-state index is 0.519. The number of aliphatic hydroxyl groups excluding tert-OH is 1. The molecular formula is C19H22O. The molecule has 1 fully saturated rings. The summed E-state index contributed by atoms with van der Waals surface area (Å²) in [4.78, 5) is 0. The quantitative estimate of drug-likeness (QED) is 0.845. The van der Waals surface area contributed by atoms with Gasteiger partial charge in [-0.05, 0) is 46.9 Å². The van der Waals surface area contributed by atoms with E-state index in [0.717, 1.165) is 17.0 Å². The van der Waals surface area contributed by atoms with Gasteiger partial charge in [-0.1, -0.05) is 62.4 Å². The molecule has 0 radical (unpaired) electrons. The molecule has 0 amide bonds. The van der Waals surface area contributed by atoms with E-state index in [2.05, 4.69) is 44.2 Å². The number of hydrogen-bond donors (Lipinski definition) is 1. The summed E-state index contributed by atoms with van der Waals surface area (Å²) in [6.45, 7) is 4.37. The van der Waals surface area contributed by atoms with Crippen molar-refractivity contribution in [3.8, 4) is 0 Å². The van der Waals surface area contributed by atoms with Crippen molar-refractivity contribution in [2.75, 3.05) is 0 Å². The van der Waals surface area contributed by atoms with Gasteiger partial charge in [0.1, 0.15) is 6.10 Å². The maximum Gasteiger partial charge on any atom is 0.104 e. The Bertz CT molecular complexity index is 579. The summed E-state index contributed by atoms with van der Waals surface area (Å²) >= 11 is 0. The summed E-state index contributed by atoms with van der Waals surface area (Å²) in [5, 5.41) is 10.5. The van der Waals surface area contributed by atoms with E-state index in [1.54, 1.807) is 0 Å². The van der Waals surface area contributed by atoms with Crippen LogP contribution < -0.4 is 0 Å². The first-order chi connectivity index (χ1) is 9.65. The van der Waals surface area contributed by atoms with E-state index >= 15 is 0 Å². The molecule has 3 rings (SSSR count). The number of rotatable bonds is 4. The molecule has 1 aliphatic rings. The lowest BCUT2D eigenvalue weighted by molar-refractivity contribution is 0.220. The second kappa shape index (κ2) is 5.41. The maximum absolute atomic E-state index is 10.5. The van der Waals surface area contributed by atoms with Gasteiger partial charge in [-0.2, -0.15) is 0 Å². The summed E-state index contributed by atoms with van der Waals surface area (Å²) in [6, 6.07) is 16.8. The maximum atomic E-state index is 10.5. The molecule has 2 aromatic rings. The highest BCUT2D eigenvalue weighted by atomic mass is 16.3. The highest BCUT2D eigenvalue weighted by Crippen LogP contribution is 2.40. The van der Waals surface area contributed by atoms with Crippen LogP contribution in [-0.2, 0) is 0 Å². The number of benzene rings is 2. The van der Waals surface area contributed by atoms with Gasteiger partial charge in [0.2, 0.25) is 0 Å². The average Bonchev–Trinajstić information content (AvgIpc) is 3.31. The Morgan fingerprint density at radius 1 is 0.900 bits per heavy atom. The molecule has 1 N–H and O–H groups in total. The van der Waals surface area contributed by atoms with Crippen LogP contribution in [-0.4, -0.2) is 5.11 Å². The molecule has 0 spiro atoms. The Hall–Kier alpha value is -1.60. The third kappa shape index (κ3) is 2.78. The SMILES string of the molecule is CC(C)c1ccc(C(O)c2cccc(C3CC3)c2)cc1. The van der Waals surface area contributed by atoms with Gasteiger partial charge in [0.05, 0.1) is 0 Å². The van der Waals surface area contributed by atoms with Crippen LogP contribution in [0.5, 0.6) is 0 Å². The van der Waals surface area contributed by atoms with Crippen molar-refractivity contribution in [2.24, 2.45) is 0 Å². The van der Waals surface area contributed by atoms with E-state index in [1.165, 1.54) is 24.0 Å². The van der Waals surface area contributed by atoms with Gasteiger partial charge >= 0.3 is 0 Å². The van der Waals surface area contributed by atoms with Crippen molar-refractivity contribution < 1.29 is 5.11 Å². The highest BCUT2D eigenvalue weighted by Gasteiger charge is 2.24. The monoisotopic (exact) mass is 266 g/mol. The Morgan fingerprint density at radius 3 is 2.15 bits per heavy atom. The second-order valence-corrected chi connectivity index (χ2v) is 6.17. The molecule has 1 nitrogen and oxygen atoms in total. The Balaban J connectivity index is 1.83. The standard InChI is InChI=1S/C19H22O/c1-13(2)14-6-10-16(11-7-14)19(20)18-5-3-4-17(12-18)15-8-9-15/h3-7,10-13,15,19-20H,8-9H2,1-2H3. The van der Waals surface area contributed by atoms with Crippen LogP contribution in [0.4, 0.5) is 0 Å². The van der Waals surface area contributed by atoms with E-state index in [-0.39, 0.29) is 0 Å². The van der Waals surface area contributed by atoms with Crippen LogP contribution in [0.15, 0.2) is 48.5 Å². The van der Waals surface area contributed by atoms with Crippen molar-refractivity contribution >= 4 is 0 Å². The average molecular weight is 266 g/mol. The van der Waals surface area contributed by atoms with E-state index < -0.39 is 6.10 Å². The van der Waals surface area contributed by atoms with Crippen LogP contribution in [0.3, 0.4) is 0 Å². The molecule has 0 saturated heterocycles. The zero-order valence-electron chi connectivity index (χ0n) is 12.2. The van der Waals surface area contributed by atoms with Gasteiger partial charge < -0.3 is 5.11 Å². The molecule has 1 saturated carbocycles. The molecule has 1 aliphatic carbocycles. The van der Waals surface area contributed by atoms with Crippen LogP contribution >= 0.6 is 0 Å². The van der Waals surface area contributed by atoms with E-state index in [0.29, 0.717) is 5.92 Å². The minimum atomic E-state index is -0.519. The Labute approximate surface area is 121 Å². The van der Waals surface area contributed by atoms with Gasteiger partial charge in [0, 0.05) is 0 Å². The molecule has 1 atom stereocenters. The normalized spacial score (nSPS) is 16.4. The third-order valence-corrected chi connectivity index (χ3v) is 4.19. The van der Waals surface area contributed by atoms with Gasteiger partial charge in [0.25, 0.3) is 0 Å². The van der Waals surface area contributed by atoms with Crippen molar-refractivity contribution in [2.45, 2.75) is 44.6 Å². The number of hydrogen-bond acceptors (Lipinski definition) is 1. The van der Waals surface area contributed by atoms with Gasteiger partial charge in [-0.15, -0.1) is 0 Å². The predicted octanol–water partition coefficient (Wildman–Crippen LogP) is 4.77. The molecule has 104 valence electrons. The molecule has 0 bridgehead atoms. The molecule has 20 heavy (non-hydrogen) atoms. The van der Waals surface area contributed by atoms with Crippen LogP contribution in [0.25, 0.3) is 0 Å². The first kappa shape index (κ1) is 13.4. The molecule has 0 heterocycles. The Kier molecular flexibility index (Phi) is 3.62. The summed E-state index contributed by atoms with van der Waals surface area (Å²) in [5.74, 6) is 1.25. The summed E-state index contributed by atoms with van der Waals surface area (Å²) in [6.07, 6.45) is 2.07. The molecule has 2 aromatic carbocycles. The molecule has 1 unspecified atom stereocenters. The smallest absolute Gasteiger partial charge is 0.104 e. The summed E-state index contributed by atoms with van der Waals surface area (Å²) < 4.78 is 0. The van der Waals surface area contributed by atoms with Crippen molar-refractivity contribution in [3.05, 3.63) is 70.8 Å². The minimum Gasteiger partial charge on any atom is -0.384 e. The first-order valence-corrected chi connectivity index (χ1v) is 7.53.